The van der Waals surface area contributed by atoms with Crippen molar-refractivity contribution < 1.29 is 4.39 Å². The van der Waals surface area contributed by atoms with Crippen LogP contribution in [0.5, 0.6) is 0 Å². The van der Waals surface area contributed by atoms with Crippen molar-refractivity contribution in [3.8, 4) is 0 Å². The van der Waals surface area contributed by atoms with Gasteiger partial charge in [0.2, 0.25) is 0 Å². The van der Waals surface area contributed by atoms with Crippen LogP contribution in [-0.2, 0) is 6.54 Å². The summed E-state index contributed by atoms with van der Waals surface area (Å²) in [5.74, 6) is -0.185. The summed E-state index contributed by atoms with van der Waals surface area (Å²) >= 11 is 0. The summed E-state index contributed by atoms with van der Waals surface area (Å²) in [6.07, 6.45) is 5.58. The topological polar surface area (TPSA) is 28.2 Å². The summed E-state index contributed by atoms with van der Waals surface area (Å²) in [7, 11) is 2.09. The standard InChI is InChI=1S/C17H22FN3/c1-21(12-16-6-2-3-7-19-16)11-14-10-15(18)9-13-5-4-8-20-17(13)14/h4-5,8-10,16,19H,2-3,6-7,11-12H2,1H3. The minimum Gasteiger partial charge on any atom is -0.313 e. The predicted molar refractivity (Wildman–Crippen MR) is 83.7 cm³/mol. The van der Waals surface area contributed by atoms with Crippen molar-refractivity contribution in [2.24, 2.45) is 0 Å². The molecule has 1 fully saturated rings. The normalized spacial score (nSPS) is 19.3. The first kappa shape index (κ1) is 14.4. The predicted octanol–water partition coefficient (Wildman–Crippen LogP) is 2.95. The van der Waals surface area contributed by atoms with Gasteiger partial charge in [0.1, 0.15) is 5.82 Å². The molecule has 3 nitrogen and oxygen atoms in total. The molecule has 4 heteroatoms. The molecule has 0 spiro atoms. The van der Waals surface area contributed by atoms with Gasteiger partial charge in [0.15, 0.2) is 0 Å². The van der Waals surface area contributed by atoms with Crippen LogP contribution in [0.1, 0.15) is 24.8 Å². The SMILES string of the molecule is CN(Cc1cc(F)cc2cccnc12)CC1CCCCN1. The van der Waals surface area contributed by atoms with Crippen LogP contribution in [0, 0.1) is 5.82 Å². The van der Waals surface area contributed by atoms with Crippen LogP contribution in [0.25, 0.3) is 10.9 Å². The molecule has 1 atom stereocenters. The Morgan fingerprint density at radius 3 is 3.10 bits per heavy atom. The van der Waals surface area contributed by atoms with E-state index in [0.717, 1.165) is 36.1 Å². The zero-order valence-corrected chi connectivity index (χ0v) is 12.5. The zero-order valence-electron chi connectivity index (χ0n) is 12.5. The molecule has 1 aliphatic rings. The van der Waals surface area contributed by atoms with Gasteiger partial charge in [-0.2, -0.15) is 0 Å². The lowest BCUT2D eigenvalue weighted by molar-refractivity contribution is 0.257. The second kappa shape index (κ2) is 6.50. The van der Waals surface area contributed by atoms with Gasteiger partial charge in [-0.3, -0.25) is 4.98 Å². The highest BCUT2D eigenvalue weighted by Gasteiger charge is 2.15. The number of hydrogen-bond acceptors (Lipinski definition) is 3. The Bertz CT molecular complexity index is 608. The Morgan fingerprint density at radius 2 is 2.29 bits per heavy atom. The van der Waals surface area contributed by atoms with Crippen LogP contribution in [0.3, 0.4) is 0 Å². The van der Waals surface area contributed by atoms with Crippen LogP contribution >= 0.6 is 0 Å². The van der Waals surface area contributed by atoms with E-state index >= 15 is 0 Å². The maximum atomic E-state index is 13.7. The number of hydrogen-bond donors (Lipinski definition) is 1. The first-order chi connectivity index (χ1) is 10.2. The van der Waals surface area contributed by atoms with Gasteiger partial charge in [-0.1, -0.05) is 12.5 Å². The summed E-state index contributed by atoms with van der Waals surface area (Å²) < 4.78 is 13.7. The number of nitrogens with one attached hydrogen (secondary N) is 1. The zero-order chi connectivity index (χ0) is 14.7. The van der Waals surface area contributed by atoms with E-state index in [1.54, 1.807) is 18.3 Å². The lowest BCUT2D eigenvalue weighted by Crippen LogP contribution is -2.42. The first-order valence-electron chi connectivity index (χ1n) is 7.67. The number of rotatable bonds is 4. The summed E-state index contributed by atoms with van der Waals surface area (Å²) in [4.78, 5) is 6.67. The molecule has 1 aromatic heterocycles. The number of benzene rings is 1. The third kappa shape index (κ3) is 3.57. The van der Waals surface area contributed by atoms with Crippen molar-refractivity contribution in [2.45, 2.75) is 31.8 Å². The Kier molecular flexibility index (Phi) is 4.46. The van der Waals surface area contributed by atoms with Gasteiger partial charge in [0, 0.05) is 30.7 Å². The average Bonchev–Trinajstić information content (AvgIpc) is 2.48. The number of fused-ring (bicyclic) bond motifs is 1. The number of nitrogens with zero attached hydrogens (tertiary/aromatic N) is 2. The monoisotopic (exact) mass is 287 g/mol. The maximum absolute atomic E-state index is 13.7. The highest BCUT2D eigenvalue weighted by Crippen LogP contribution is 2.20. The Labute approximate surface area is 125 Å². The lowest BCUT2D eigenvalue weighted by atomic mass is 10.0. The number of aromatic nitrogens is 1. The minimum absolute atomic E-state index is 0.185. The van der Waals surface area contributed by atoms with Crippen LogP contribution < -0.4 is 5.32 Å². The molecule has 0 bridgehead atoms. The average molecular weight is 287 g/mol. The van der Waals surface area contributed by atoms with Gasteiger partial charge >= 0.3 is 0 Å². The van der Waals surface area contributed by atoms with Crippen molar-refractivity contribution in [3.63, 3.8) is 0 Å². The van der Waals surface area contributed by atoms with E-state index < -0.39 is 0 Å². The first-order valence-corrected chi connectivity index (χ1v) is 7.67. The molecule has 1 unspecified atom stereocenters. The smallest absolute Gasteiger partial charge is 0.124 e. The van der Waals surface area contributed by atoms with Gasteiger partial charge in [0.05, 0.1) is 5.52 Å². The Balaban J connectivity index is 1.74. The lowest BCUT2D eigenvalue weighted by Gasteiger charge is -2.28. The number of halogens is 1. The van der Waals surface area contributed by atoms with Gasteiger partial charge < -0.3 is 10.2 Å². The fraction of sp³-hybridized carbons (Fsp3) is 0.471. The molecule has 0 amide bonds. The molecule has 0 aliphatic carbocycles. The van der Waals surface area contributed by atoms with Gasteiger partial charge in [-0.15, -0.1) is 0 Å². The second-order valence-corrected chi connectivity index (χ2v) is 5.98. The molecule has 3 rings (SSSR count). The van der Waals surface area contributed by atoms with E-state index in [1.807, 2.05) is 12.1 Å². The van der Waals surface area contributed by atoms with Crippen LogP contribution in [0.15, 0.2) is 30.5 Å². The van der Waals surface area contributed by atoms with E-state index in [-0.39, 0.29) is 5.82 Å². The highest BCUT2D eigenvalue weighted by atomic mass is 19.1. The molecule has 0 saturated carbocycles. The van der Waals surface area contributed by atoms with Gasteiger partial charge in [-0.25, -0.2) is 4.39 Å². The molecule has 0 radical (unpaired) electrons. The molecular formula is C17H22FN3. The third-order valence-corrected chi connectivity index (χ3v) is 4.13. The maximum Gasteiger partial charge on any atom is 0.124 e. The molecular weight excluding hydrogens is 265 g/mol. The molecule has 1 saturated heterocycles. The highest BCUT2D eigenvalue weighted by molar-refractivity contribution is 5.81. The molecule has 1 aromatic carbocycles. The fourth-order valence-corrected chi connectivity index (χ4v) is 3.16. The van der Waals surface area contributed by atoms with E-state index in [0.29, 0.717) is 6.04 Å². The Hall–Kier alpha value is -1.52. The molecule has 21 heavy (non-hydrogen) atoms. The van der Waals surface area contributed by atoms with E-state index in [9.17, 15) is 4.39 Å². The number of likely N-dealkylation sites (N-methyl/N-ethyl adjacent to an activating group) is 1. The summed E-state index contributed by atoms with van der Waals surface area (Å²) in [5, 5.41) is 4.42. The number of pyridine rings is 1. The van der Waals surface area contributed by atoms with Crippen LogP contribution in [-0.4, -0.2) is 36.1 Å². The van der Waals surface area contributed by atoms with E-state index in [2.05, 4.69) is 22.2 Å². The number of piperidine rings is 1. The fourth-order valence-electron chi connectivity index (χ4n) is 3.16. The van der Waals surface area contributed by atoms with Crippen LogP contribution in [0.4, 0.5) is 4.39 Å². The molecule has 2 heterocycles. The molecule has 1 aliphatic heterocycles. The summed E-state index contributed by atoms with van der Waals surface area (Å²) in [6.45, 7) is 2.83. The summed E-state index contributed by atoms with van der Waals surface area (Å²) in [5.41, 5.74) is 1.87. The molecule has 2 aromatic rings. The Morgan fingerprint density at radius 1 is 1.38 bits per heavy atom. The van der Waals surface area contributed by atoms with Crippen LogP contribution in [0.2, 0.25) is 0 Å². The molecule has 112 valence electrons. The van der Waals surface area contributed by atoms with Crippen molar-refractivity contribution in [1.29, 1.82) is 0 Å². The largest absolute Gasteiger partial charge is 0.313 e. The van der Waals surface area contributed by atoms with E-state index in [1.165, 1.54) is 19.3 Å². The van der Waals surface area contributed by atoms with E-state index in [4.69, 9.17) is 0 Å². The quantitative estimate of drug-likeness (QED) is 0.937. The van der Waals surface area contributed by atoms with Gasteiger partial charge in [0.25, 0.3) is 0 Å². The van der Waals surface area contributed by atoms with Crippen molar-refractivity contribution >= 4 is 10.9 Å². The minimum atomic E-state index is -0.185. The van der Waals surface area contributed by atoms with Crippen molar-refractivity contribution in [2.75, 3.05) is 20.1 Å². The second-order valence-electron chi connectivity index (χ2n) is 5.98. The van der Waals surface area contributed by atoms with Gasteiger partial charge in [-0.05, 0) is 50.2 Å². The molecule has 1 N–H and O–H groups in total. The van der Waals surface area contributed by atoms with Crippen molar-refractivity contribution in [1.82, 2.24) is 15.2 Å². The summed E-state index contributed by atoms with van der Waals surface area (Å²) in [6, 6.07) is 7.48. The third-order valence-electron chi connectivity index (χ3n) is 4.13. The van der Waals surface area contributed by atoms with Crippen molar-refractivity contribution in [3.05, 3.63) is 41.8 Å².